The number of hydrogen-bond donors (Lipinski definition) is 1. The van der Waals surface area contributed by atoms with Crippen LogP contribution in [-0.4, -0.2) is 46.2 Å². The number of thioether (sulfide) groups is 1. The second-order valence-electron chi connectivity index (χ2n) is 8.51. The number of amides is 1. The van der Waals surface area contributed by atoms with Crippen molar-refractivity contribution in [2.24, 2.45) is 0 Å². The summed E-state index contributed by atoms with van der Waals surface area (Å²) in [5.74, 6) is -0.0964. The molecule has 6 nitrogen and oxygen atoms in total. The van der Waals surface area contributed by atoms with Gasteiger partial charge in [-0.15, -0.1) is 11.3 Å². The summed E-state index contributed by atoms with van der Waals surface area (Å²) >= 11 is 3.02. The highest BCUT2D eigenvalue weighted by atomic mass is 32.2. The number of carbonyl (C=O) groups is 1. The Morgan fingerprint density at radius 1 is 1.25 bits per heavy atom. The minimum Gasteiger partial charge on any atom is -0.325 e. The highest BCUT2D eigenvalue weighted by molar-refractivity contribution is 8.00. The molecule has 0 spiro atoms. The largest absolute Gasteiger partial charge is 0.325 e. The van der Waals surface area contributed by atoms with Crippen LogP contribution >= 0.6 is 23.1 Å². The molecule has 0 radical (unpaired) electrons. The first-order valence-corrected chi connectivity index (χ1v) is 12.9. The van der Waals surface area contributed by atoms with E-state index in [9.17, 15) is 9.59 Å². The van der Waals surface area contributed by atoms with Crippen molar-refractivity contribution in [3.63, 3.8) is 0 Å². The number of nitrogens with one attached hydrogen (secondary N) is 1. The standard InChI is InChI=1S/C24H30N4O2S2/c1-16(21(29)25-17-10-5-4-6-11-17)31-24-26-22-20(18-12-7-8-13-19(18)32-22)23(30)28(24)15-9-14-27(2)3/h4-6,10-11,16H,7-9,12-15H2,1-3H3,(H,25,29). The maximum atomic E-state index is 13.6. The van der Waals surface area contributed by atoms with Crippen molar-refractivity contribution < 1.29 is 4.79 Å². The molecule has 1 aliphatic carbocycles. The van der Waals surface area contributed by atoms with E-state index in [0.29, 0.717) is 11.7 Å². The Hall–Kier alpha value is -2.16. The average Bonchev–Trinajstić information content (AvgIpc) is 3.14. The fourth-order valence-electron chi connectivity index (χ4n) is 4.03. The Labute approximate surface area is 197 Å². The van der Waals surface area contributed by atoms with Gasteiger partial charge in [-0.2, -0.15) is 0 Å². The van der Waals surface area contributed by atoms with Crippen molar-refractivity contribution in [2.75, 3.05) is 26.0 Å². The van der Waals surface area contributed by atoms with Crippen LogP contribution in [-0.2, 0) is 24.2 Å². The van der Waals surface area contributed by atoms with E-state index in [-0.39, 0.29) is 16.7 Å². The van der Waals surface area contributed by atoms with E-state index in [1.807, 2.05) is 51.4 Å². The summed E-state index contributed by atoms with van der Waals surface area (Å²) in [4.78, 5) is 35.6. The monoisotopic (exact) mass is 470 g/mol. The number of nitrogens with zero attached hydrogens (tertiary/aromatic N) is 3. The molecule has 0 bridgehead atoms. The maximum Gasteiger partial charge on any atom is 0.263 e. The zero-order valence-corrected chi connectivity index (χ0v) is 20.5. The van der Waals surface area contributed by atoms with Crippen LogP contribution in [0.25, 0.3) is 10.2 Å². The van der Waals surface area contributed by atoms with Gasteiger partial charge in [-0.1, -0.05) is 30.0 Å². The Morgan fingerprint density at radius 3 is 2.75 bits per heavy atom. The molecule has 4 rings (SSSR count). The highest BCUT2D eigenvalue weighted by Crippen LogP contribution is 2.35. The second-order valence-corrected chi connectivity index (χ2v) is 10.9. The minimum absolute atomic E-state index is 0.0475. The molecular formula is C24H30N4O2S2. The molecule has 0 aliphatic heterocycles. The minimum atomic E-state index is -0.380. The van der Waals surface area contributed by atoms with Crippen LogP contribution in [0.5, 0.6) is 0 Å². The number of hydrogen-bond acceptors (Lipinski definition) is 6. The molecule has 1 amide bonds. The smallest absolute Gasteiger partial charge is 0.263 e. The predicted octanol–water partition coefficient (Wildman–Crippen LogP) is 4.41. The third-order valence-electron chi connectivity index (χ3n) is 5.72. The van der Waals surface area contributed by atoms with Crippen LogP contribution in [0.4, 0.5) is 5.69 Å². The molecule has 1 N–H and O–H groups in total. The first-order valence-electron chi connectivity index (χ1n) is 11.2. The van der Waals surface area contributed by atoms with Gasteiger partial charge in [0.15, 0.2) is 5.16 Å². The van der Waals surface area contributed by atoms with Crippen LogP contribution in [0.3, 0.4) is 0 Å². The normalized spacial score (nSPS) is 14.5. The lowest BCUT2D eigenvalue weighted by molar-refractivity contribution is -0.115. The lowest BCUT2D eigenvalue weighted by atomic mass is 9.97. The van der Waals surface area contributed by atoms with Gasteiger partial charge >= 0.3 is 0 Å². The van der Waals surface area contributed by atoms with E-state index in [1.54, 1.807) is 15.9 Å². The predicted molar refractivity (Wildman–Crippen MR) is 134 cm³/mol. The quantitative estimate of drug-likeness (QED) is 0.390. The Morgan fingerprint density at radius 2 is 2.00 bits per heavy atom. The van der Waals surface area contributed by atoms with Crippen LogP contribution in [0.15, 0.2) is 40.3 Å². The van der Waals surface area contributed by atoms with Gasteiger partial charge in [-0.25, -0.2) is 4.98 Å². The molecule has 1 aliphatic rings. The third kappa shape index (κ3) is 5.08. The fraction of sp³-hybridized carbons (Fsp3) is 0.458. The summed E-state index contributed by atoms with van der Waals surface area (Å²) in [7, 11) is 4.07. The number of aryl methyl sites for hydroxylation is 2. The van der Waals surface area contributed by atoms with Gasteiger partial charge in [0.05, 0.1) is 10.6 Å². The van der Waals surface area contributed by atoms with Crippen molar-refractivity contribution in [3.8, 4) is 0 Å². The van der Waals surface area contributed by atoms with E-state index in [1.165, 1.54) is 28.6 Å². The molecule has 32 heavy (non-hydrogen) atoms. The maximum absolute atomic E-state index is 13.6. The molecule has 1 atom stereocenters. The fourth-order valence-corrected chi connectivity index (χ4v) is 6.27. The van der Waals surface area contributed by atoms with Crippen LogP contribution in [0.1, 0.15) is 36.6 Å². The summed E-state index contributed by atoms with van der Waals surface area (Å²) in [6.07, 6.45) is 5.16. The Bertz CT molecular complexity index is 1150. The first-order chi connectivity index (χ1) is 15.4. The Balaban J connectivity index is 1.65. The van der Waals surface area contributed by atoms with Gasteiger partial charge in [0.1, 0.15) is 4.83 Å². The lowest BCUT2D eigenvalue weighted by Gasteiger charge is -2.17. The highest BCUT2D eigenvalue weighted by Gasteiger charge is 2.24. The number of thiophene rings is 1. The van der Waals surface area contributed by atoms with Gasteiger partial charge in [0, 0.05) is 17.1 Å². The van der Waals surface area contributed by atoms with Gasteiger partial charge in [-0.05, 0) is 77.4 Å². The van der Waals surface area contributed by atoms with E-state index in [2.05, 4.69) is 10.2 Å². The number of benzene rings is 1. The lowest BCUT2D eigenvalue weighted by Crippen LogP contribution is -2.28. The number of aromatic nitrogens is 2. The SMILES string of the molecule is CC(Sc1nc2sc3c(c2c(=O)n1CCCN(C)C)CCCC3)C(=O)Nc1ccccc1. The zero-order chi connectivity index (χ0) is 22.7. The van der Waals surface area contributed by atoms with Gasteiger partial charge in [-0.3, -0.25) is 14.2 Å². The van der Waals surface area contributed by atoms with Crippen LogP contribution in [0, 0.1) is 0 Å². The van der Waals surface area contributed by atoms with Crippen molar-refractivity contribution >= 4 is 44.9 Å². The molecule has 0 fully saturated rings. The molecule has 170 valence electrons. The molecule has 0 saturated carbocycles. The summed E-state index contributed by atoms with van der Waals surface area (Å²) in [5.41, 5.74) is 2.02. The van der Waals surface area contributed by atoms with Crippen molar-refractivity contribution in [1.82, 2.24) is 14.5 Å². The van der Waals surface area contributed by atoms with Gasteiger partial charge in [0.2, 0.25) is 5.91 Å². The first kappa shape index (κ1) is 23.0. The van der Waals surface area contributed by atoms with E-state index in [0.717, 1.165) is 48.1 Å². The molecule has 0 saturated heterocycles. The number of carbonyl (C=O) groups excluding carboxylic acids is 1. The van der Waals surface area contributed by atoms with Crippen molar-refractivity contribution in [2.45, 2.75) is 56.0 Å². The molecule has 8 heteroatoms. The van der Waals surface area contributed by atoms with E-state index < -0.39 is 0 Å². The van der Waals surface area contributed by atoms with Gasteiger partial charge in [0.25, 0.3) is 5.56 Å². The second kappa shape index (κ2) is 10.2. The summed E-state index contributed by atoms with van der Waals surface area (Å²) in [6, 6.07) is 9.44. The zero-order valence-electron chi connectivity index (χ0n) is 18.9. The summed E-state index contributed by atoms with van der Waals surface area (Å²) in [6.45, 7) is 3.35. The molecule has 2 heterocycles. The van der Waals surface area contributed by atoms with Gasteiger partial charge < -0.3 is 10.2 Å². The number of fused-ring (bicyclic) bond motifs is 3. The van der Waals surface area contributed by atoms with E-state index >= 15 is 0 Å². The Kier molecular flexibility index (Phi) is 7.33. The van der Waals surface area contributed by atoms with Crippen molar-refractivity contribution in [1.29, 1.82) is 0 Å². The number of para-hydroxylation sites is 1. The summed E-state index contributed by atoms with van der Waals surface area (Å²) < 4.78 is 1.80. The number of anilines is 1. The molecular weight excluding hydrogens is 440 g/mol. The van der Waals surface area contributed by atoms with E-state index in [4.69, 9.17) is 4.98 Å². The summed E-state index contributed by atoms with van der Waals surface area (Å²) in [5, 5.41) is 4.01. The van der Waals surface area contributed by atoms with Crippen molar-refractivity contribution in [3.05, 3.63) is 51.1 Å². The molecule has 1 unspecified atom stereocenters. The number of rotatable bonds is 8. The van der Waals surface area contributed by atoms with Crippen LogP contribution < -0.4 is 10.9 Å². The third-order valence-corrected chi connectivity index (χ3v) is 8.00. The molecule has 2 aromatic heterocycles. The van der Waals surface area contributed by atoms with Crippen LogP contribution in [0.2, 0.25) is 0 Å². The topological polar surface area (TPSA) is 67.2 Å². The molecule has 3 aromatic rings. The average molecular weight is 471 g/mol. The molecule has 1 aromatic carbocycles.